The van der Waals surface area contributed by atoms with Gasteiger partial charge in [-0.05, 0) is 54.8 Å². The lowest BCUT2D eigenvalue weighted by Crippen LogP contribution is -2.28. The summed E-state index contributed by atoms with van der Waals surface area (Å²) in [7, 11) is -1.81. The molecule has 1 aliphatic heterocycles. The van der Waals surface area contributed by atoms with Gasteiger partial charge in [-0.3, -0.25) is 4.79 Å². The van der Waals surface area contributed by atoms with E-state index in [0.717, 1.165) is 29.7 Å². The molecular formula is C24H27N3O5S. The number of oxazole rings is 1. The minimum atomic E-state index is -3.43. The smallest absolute Gasteiger partial charge is 0.243 e. The summed E-state index contributed by atoms with van der Waals surface area (Å²) in [5.41, 5.74) is 1.72. The lowest BCUT2D eigenvalue weighted by molar-refractivity contribution is -0.121. The Morgan fingerprint density at radius 1 is 1.09 bits per heavy atom. The van der Waals surface area contributed by atoms with Crippen molar-refractivity contribution in [3.8, 4) is 17.1 Å². The van der Waals surface area contributed by atoms with E-state index >= 15 is 0 Å². The first-order valence-electron chi connectivity index (χ1n) is 10.9. The Morgan fingerprint density at radius 2 is 1.79 bits per heavy atom. The number of rotatable bonds is 9. The second kappa shape index (κ2) is 10.2. The highest BCUT2D eigenvalue weighted by atomic mass is 32.2. The molecule has 1 saturated heterocycles. The molecule has 0 unspecified atom stereocenters. The lowest BCUT2D eigenvalue weighted by atomic mass is 10.2. The molecule has 3 aromatic rings. The summed E-state index contributed by atoms with van der Waals surface area (Å²) in [5, 5.41) is 2.85. The first kappa shape index (κ1) is 23.0. The molecule has 2 aromatic carbocycles. The maximum absolute atomic E-state index is 12.6. The first-order valence-corrected chi connectivity index (χ1v) is 12.3. The molecule has 4 rings (SSSR count). The van der Waals surface area contributed by atoms with Crippen LogP contribution in [0.25, 0.3) is 11.3 Å². The molecule has 0 bridgehead atoms. The quantitative estimate of drug-likeness (QED) is 0.516. The number of carbonyl (C=O) groups excluding carboxylic acids is 1. The number of carbonyl (C=O) groups is 1. The number of ether oxygens (including phenoxy) is 1. The summed E-state index contributed by atoms with van der Waals surface area (Å²) in [4.78, 5) is 16.8. The van der Waals surface area contributed by atoms with E-state index in [4.69, 9.17) is 9.15 Å². The second-order valence-corrected chi connectivity index (χ2v) is 9.82. The molecule has 33 heavy (non-hydrogen) atoms. The van der Waals surface area contributed by atoms with Crippen LogP contribution in [0.4, 0.5) is 0 Å². The predicted octanol–water partition coefficient (Wildman–Crippen LogP) is 3.38. The second-order valence-electron chi connectivity index (χ2n) is 7.88. The van der Waals surface area contributed by atoms with E-state index in [1.807, 2.05) is 24.3 Å². The van der Waals surface area contributed by atoms with E-state index in [2.05, 4.69) is 10.3 Å². The summed E-state index contributed by atoms with van der Waals surface area (Å²) in [6.45, 7) is 1.48. The monoisotopic (exact) mass is 469 g/mol. The van der Waals surface area contributed by atoms with Crippen molar-refractivity contribution in [2.45, 2.75) is 37.1 Å². The van der Waals surface area contributed by atoms with Gasteiger partial charge in [0.1, 0.15) is 5.75 Å². The normalized spacial score (nSPS) is 14.3. The number of hydrogen-bond donors (Lipinski definition) is 1. The Bertz CT molecular complexity index is 1180. The molecular weight excluding hydrogens is 442 g/mol. The number of benzene rings is 2. The third-order valence-electron chi connectivity index (χ3n) is 5.61. The molecule has 1 aliphatic rings. The number of nitrogens with one attached hydrogen (secondary N) is 1. The van der Waals surface area contributed by atoms with Gasteiger partial charge in [0.05, 0.1) is 18.2 Å². The van der Waals surface area contributed by atoms with Gasteiger partial charge in [-0.15, -0.1) is 0 Å². The summed E-state index contributed by atoms with van der Waals surface area (Å²) in [6.07, 6.45) is 4.07. The maximum Gasteiger partial charge on any atom is 0.243 e. The Labute approximate surface area is 193 Å². The van der Waals surface area contributed by atoms with Gasteiger partial charge in [0.15, 0.2) is 11.7 Å². The average Bonchev–Trinajstić information content (AvgIpc) is 3.55. The van der Waals surface area contributed by atoms with E-state index in [9.17, 15) is 13.2 Å². The number of methoxy groups -OCH3 is 1. The summed E-state index contributed by atoms with van der Waals surface area (Å²) >= 11 is 0. The molecule has 0 spiro atoms. The van der Waals surface area contributed by atoms with Gasteiger partial charge in [0, 0.05) is 38.0 Å². The Balaban J connectivity index is 1.25. The first-order chi connectivity index (χ1) is 16.0. The standard InChI is InChI=1S/C24H27N3O5S/c1-31-20-8-6-19(7-9-20)22-17-26-24(32-22)13-12-23(28)25-16-18-4-10-21(11-5-18)33(29,30)27-14-2-3-15-27/h4-11,17H,2-3,12-16H2,1H3,(H,25,28). The number of nitrogens with zero attached hydrogens (tertiary/aromatic N) is 2. The highest BCUT2D eigenvalue weighted by Gasteiger charge is 2.26. The zero-order valence-electron chi connectivity index (χ0n) is 18.5. The van der Waals surface area contributed by atoms with Crippen molar-refractivity contribution in [2.24, 2.45) is 0 Å². The lowest BCUT2D eigenvalue weighted by Gasteiger charge is -2.15. The molecule has 1 amide bonds. The molecule has 1 aromatic heterocycles. The number of aromatic nitrogens is 1. The van der Waals surface area contributed by atoms with Crippen LogP contribution in [-0.2, 0) is 27.8 Å². The van der Waals surface area contributed by atoms with Gasteiger partial charge in [-0.1, -0.05) is 12.1 Å². The van der Waals surface area contributed by atoms with Gasteiger partial charge in [-0.2, -0.15) is 4.31 Å². The van der Waals surface area contributed by atoms with Crippen LogP contribution in [0.1, 0.15) is 30.7 Å². The van der Waals surface area contributed by atoms with Gasteiger partial charge >= 0.3 is 0 Å². The van der Waals surface area contributed by atoms with E-state index in [-0.39, 0.29) is 17.2 Å². The van der Waals surface area contributed by atoms with Crippen molar-refractivity contribution in [1.29, 1.82) is 0 Å². The maximum atomic E-state index is 12.6. The SMILES string of the molecule is COc1ccc(-c2cnc(CCC(=O)NCc3ccc(S(=O)(=O)N4CCCC4)cc3)o2)cc1. The Hall–Kier alpha value is -3.17. The van der Waals surface area contributed by atoms with E-state index in [0.29, 0.717) is 37.7 Å². The average molecular weight is 470 g/mol. The van der Waals surface area contributed by atoms with E-state index in [1.54, 1.807) is 37.6 Å². The molecule has 2 heterocycles. The summed E-state index contributed by atoms with van der Waals surface area (Å²) in [6, 6.07) is 14.1. The van der Waals surface area contributed by atoms with Crippen LogP contribution in [0.2, 0.25) is 0 Å². The summed E-state index contributed by atoms with van der Waals surface area (Å²) < 4.78 is 37.6. The zero-order valence-corrected chi connectivity index (χ0v) is 19.3. The molecule has 0 atom stereocenters. The third-order valence-corrected chi connectivity index (χ3v) is 7.52. The Morgan fingerprint density at radius 3 is 2.45 bits per heavy atom. The minimum absolute atomic E-state index is 0.132. The van der Waals surface area contributed by atoms with Gasteiger partial charge in [0.2, 0.25) is 15.9 Å². The molecule has 174 valence electrons. The number of amides is 1. The van der Waals surface area contributed by atoms with Gasteiger partial charge in [-0.25, -0.2) is 13.4 Å². The molecule has 0 aliphatic carbocycles. The van der Waals surface area contributed by atoms with Crippen molar-refractivity contribution in [2.75, 3.05) is 20.2 Å². The van der Waals surface area contributed by atoms with Crippen LogP contribution in [0.5, 0.6) is 5.75 Å². The predicted molar refractivity (Wildman–Crippen MR) is 123 cm³/mol. The highest BCUT2D eigenvalue weighted by Crippen LogP contribution is 2.24. The van der Waals surface area contributed by atoms with Crippen molar-refractivity contribution in [1.82, 2.24) is 14.6 Å². The van der Waals surface area contributed by atoms with Crippen LogP contribution in [0.15, 0.2) is 64.0 Å². The van der Waals surface area contributed by atoms with Crippen molar-refractivity contribution >= 4 is 15.9 Å². The molecule has 8 nitrogen and oxygen atoms in total. The summed E-state index contributed by atoms with van der Waals surface area (Å²) in [5.74, 6) is 1.76. The fourth-order valence-corrected chi connectivity index (χ4v) is 5.20. The molecule has 9 heteroatoms. The van der Waals surface area contributed by atoms with Crippen LogP contribution >= 0.6 is 0 Å². The topological polar surface area (TPSA) is 102 Å². The number of hydrogen-bond acceptors (Lipinski definition) is 6. The molecule has 1 N–H and O–H groups in total. The number of sulfonamides is 1. The fourth-order valence-electron chi connectivity index (χ4n) is 3.68. The van der Waals surface area contributed by atoms with Gasteiger partial charge < -0.3 is 14.5 Å². The van der Waals surface area contributed by atoms with Crippen LogP contribution < -0.4 is 10.1 Å². The van der Waals surface area contributed by atoms with Crippen LogP contribution in [0.3, 0.4) is 0 Å². The Kier molecular flexibility index (Phi) is 7.10. The highest BCUT2D eigenvalue weighted by molar-refractivity contribution is 7.89. The van der Waals surface area contributed by atoms with E-state index in [1.165, 1.54) is 4.31 Å². The zero-order chi connectivity index (χ0) is 23.3. The van der Waals surface area contributed by atoms with Crippen molar-refractivity contribution in [3.05, 3.63) is 66.2 Å². The van der Waals surface area contributed by atoms with Crippen molar-refractivity contribution < 1.29 is 22.4 Å². The molecule has 0 radical (unpaired) electrons. The third kappa shape index (κ3) is 5.61. The van der Waals surface area contributed by atoms with Crippen LogP contribution in [0, 0.1) is 0 Å². The molecule has 1 fully saturated rings. The molecule has 0 saturated carbocycles. The largest absolute Gasteiger partial charge is 0.497 e. The van der Waals surface area contributed by atoms with Crippen molar-refractivity contribution in [3.63, 3.8) is 0 Å². The van der Waals surface area contributed by atoms with Crippen LogP contribution in [-0.4, -0.2) is 43.8 Å². The number of aryl methyl sites for hydroxylation is 1. The minimum Gasteiger partial charge on any atom is -0.497 e. The van der Waals surface area contributed by atoms with Gasteiger partial charge in [0.25, 0.3) is 0 Å². The van der Waals surface area contributed by atoms with E-state index < -0.39 is 10.0 Å². The fraction of sp³-hybridized carbons (Fsp3) is 0.333.